The maximum absolute atomic E-state index is 4.58. The zero-order chi connectivity index (χ0) is 12.7. The largest absolute Gasteiger partial charge is 0.382 e. The summed E-state index contributed by atoms with van der Waals surface area (Å²) >= 11 is 2.08. The predicted octanol–water partition coefficient (Wildman–Crippen LogP) is 2.97. The molecule has 4 rings (SSSR count). The van der Waals surface area contributed by atoms with E-state index in [2.05, 4.69) is 51.2 Å². The molecular formula is C15H17N3S. The van der Waals surface area contributed by atoms with Gasteiger partial charge in [0.2, 0.25) is 0 Å². The van der Waals surface area contributed by atoms with Gasteiger partial charge in [-0.15, -0.1) is 0 Å². The molecule has 3 heterocycles. The van der Waals surface area contributed by atoms with Gasteiger partial charge in [-0.05, 0) is 12.5 Å². The molecule has 4 heteroatoms. The van der Waals surface area contributed by atoms with Crippen molar-refractivity contribution in [3.05, 3.63) is 30.5 Å². The molecule has 1 fully saturated rings. The molecule has 2 aromatic rings. The van der Waals surface area contributed by atoms with Gasteiger partial charge in [0, 0.05) is 36.0 Å². The molecule has 98 valence electrons. The quantitative estimate of drug-likeness (QED) is 0.797. The third-order valence-electron chi connectivity index (χ3n) is 4.05. The Labute approximate surface area is 117 Å². The zero-order valence-corrected chi connectivity index (χ0v) is 11.6. The molecule has 0 bridgehead atoms. The molecule has 0 spiro atoms. The van der Waals surface area contributed by atoms with E-state index in [1.165, 1.54) is 34.7 Å². The van der Waals surface area contributed by atoms with Crippen molar-refractivity contribution in [2.75, 3.05) is 34.8 Å². The summed E-state index contributed by atoms with van der Waals surface area (Å²) in [6.45, 7) is 2.20. The summed E-state index contributed by atoms with van der Waals surface area (Å²) in [6.07, 6.45) is 3.22. The molecule has 1 atom stereocenters. The number of thioether (sulfide) groups is 1. The number of hydrogen-bond donors (Lipinski definition) is 1. The first-order valence-corrected chi connectivity index (χ1v) is 8.05. The minimum Gasteiger partial charge on any atom is -0.382 e. The second kappa shape index (κ2) is 4.60. The smallest absolute Gasteiger partial charge is 0.0771 e. The highest BCUT2D eigenvalue weighted by molar-refractivity contribution is 7.99. The van der Waals surface area contributed by atoms with Gasteiger partial charge >= 0.3 is 0 Å². The molecule has 2 aliphatic heterocycles. The minimum atomic E-state index is 0.665. The number of rotatable bonds is 0. The van der Waals surface area contributed by atoms with E-state index in [1.807, 2.05) is 6.20 Å². The van der Waals surface area contributed by atoms with Crippen LogP contribution >= 0.6 is 11.8 Å². The lowest BCUT2D eigenvalue weighted by Gasteiger charge is -2.36. The normalized spacial score (nSPS) is 22.3. The van der Waals surface area contributed by atoms with E-state index in [0.717, 1.165) is 18.6 Å². The third-order valence-corrected chi connectivity index (χ3v) is 5.15. The van der Waals surface area contributed by atoms with Gasteiger partial charge < -0.3 is 10.2 Å². The Morgan fingerprint density at radius 3 is 3.26 bits per heavy atom. The summed E-state index contributed by atoms with van der Waals surface area (Å²) in [6, 6.07) is 9.15. The maximum Gasteiger partial charge on any atom is 0.0771 e. The Bertz CT molecular complexity index is 613. The van der Waals surface area contributed by atoms with Crippen LogP contribution in [0.3, 0.4) is 0 Å². The molecule has 1 N–H and O–H groups in total. The van der Waals surface area contributed by atoms with Crippen LogP contribution < -0.4 is 10.2 Å². The van der Waals surface area contributed by atoms with Crippen LogP contribution in [0.2, 0.25) is 0 Å². The van der Waals surface area contributed by atoms with Gasteiger partial charge in [0.1, 0.15) is 0 Å². The first kappa shape index (κ1) is 11.4. The van der Waals surface area contributed by atoms with Crippen LogP contribution in [-0.2, 0) is 0 Å². The zero-order valence-electron chi connectivity index (χ0n) is 10.8. The number of nitrogens with one attached hydrogen (secondary N) is 1. The second-order valence-corrected chi connectivity index (χ2v) is 6.33. The monoisotopic (exact) mass is 271 g/mol. The summed E-state index contributed by atoms with van der Waals surface area (Å²) in [4.78, 5) is 7.19. The molecule has 3 nitrogen and oxygen atoms in total. The molecule has 19 heavy (non-hydrogen) atoms. The predicted molar refractivity (Wildman–Crippen MR) is 83.3 cm³/mol. The fourth-order valence-electron chi connectivity index (χ4n) is 3.13. The number of hydrogen-bond acceptors (Lipinski definition) is 4. The number of fused-ring (bicyclic) bond motifs is 5. The molecule has 0 saturated carbocycles. The molecule has 1 aromatic heterocycles. The van der Waals surface area contributed by atoms with E-state index in [4.69, 9.17) is 0 Å². The van der Waals surface area contributed by atoms with Crippen LogP contribution in [0.5, 0.6) is 0 Å². The van der Waals surface area contributed by atoms with Crippen LogP contribution in [0.4, 0.5) is 11.4 Å². The van der Waals surface area contributed by atoms with Crippen molar-refractivity contribution in [2.24, 2.45) is 0 Å². The van der Waals surface area contributed by atoms with Gasteiger partial charge in [-0.25, -0.2) is 0 Å². The summed E-state index contributed by atoms with van der Waals surface area (Å²) in [5.74, 6) is 2.48. The van der Waals surface area contributed by atoms with E-state index < -0.39 is 0 Å². The Balaban J connectivity index is 1.95. The lowest BCUT2D eigenvalue weighted by Crippen LogP contribution is -2.42. The first-order valence-electron chi connectivity index (χ1n) is 6.89. The van der Waals surface area contributed by atoms with Crippen molar-refractivity contribution in [1.29, 1.82) is 0 Å². The Morgan fingerprint density at radius 1 is 1.32 bits per heavy atom. The highest BCUT2D eigenvalue weighted by Gasteiger charge is 2.28. The highest BCUT2D eigenvalue weighted by atomic mass is 32.2. The van der Waals surface area contributed by atoms with Gasteiger partial charge in [0.25, 0.3) is 0 Å². The summed E-state index contributed by atoms with van der Waals surface area (Å²) in [7, 11) is 0. The van der Waals surface area contributed by atoms with Gasteiger partial charge in [-0.1, -0.05) is 18.2 Å². The number of aromatic nitrogens is 1. The average molecular weight is 271 g/mol. The molecule has 0 radical (unpaired) electrons. The lowest BCUT2D eigenvalue weighted by atomic mass is 10.1. The van der Waals surface area contributed by atoms with Crippen molar-refractivity contribution >= 4 is 34.0 Å². The molecule has 1 unspecified atom stereocenters. The molecular weight excluding hydrogens is 254 g/mol. The highest BCUT2D eigenvalue weighted by Crippen LogP contribution is 2.38. The van der Waals surface area contributed by atoms with E-state index in [1.54, 1.807) is 0 Å². The van der Waals surface area contributed by atoms with Crippen LogP contribution in [0.1, 0.15) is 6.42 Å². The molecule has 1 aromatic carbocycles. The van der Waals surface area contributed by atoms with E-state index in [0.29, 0.717) is 6.04 Å². The van der Waals surface area contributed by atoms with E-state index in [-0.39, 0.29) is 0 Å². The average Bonchev–Trinajstić information content (AvgIpc) is 2.66. The van der Waals surface area contributed by atoms with Gasteiger partial charge in [-0.2, -0.15) is 11.8 Å². The van der Waals surface area contributed by atoms with E-state index in [9.17, 15) is 0 Å². The molecule has 1 saturated heterocycles. The summed E-state index contributed by atoms with van der Waals surface area (Å²) in [5.41, 5.74) is 3.67. The van der Waals surface area contributed by atoms with Crippen molar-refractivity contribution in [2.45, 2.75) is 12.5 Å². The van der Waals surface area contributed by atoms with Gasteiger partial charge in [-0.3, -0.25) is 4.98 Å². The van der Waals surface area contributed by atoms with Crippen LogP contribution in [0, 0.1) is 0 Å². The number of benzene rings is 1. The van der Waals surface area contributed by atoms with Gasteiger partial charge in [0.15, 0.2) is 0 Å². The van der Waals surface area contributed by atoms with E-state index >= 15 is 0 Å². The standard InChI is InChI=1S/C15H17N3S/c1-2-4-13-12(3-1)15-14(9-17-13)16-6-5-11-10-19-8-7-18(11)15/h1-4,9,11,16H,5-8,10H2. The first-order chi connectivity index (χ1) is 9.43. The van der Waals surface area contributed by atoms with Crippen LogP contribution in [0.15, 0.2) is 30.5 Å². The molecule has 2 aliphatic rings. The minimum absolute atomic E-state index is 0.665. The van der Waals surface area contributed by atoms with Crippen molar-refractivity contribution in [3.8, 4) is 0 Å². The molecule has 0 aliphatic carbocycles. The second-order valence-electron chi connectivity index (χ2n) is 5.18. The maximum atomic E-state index is 4.58. The topological polar surface area (TPSA) is 28.2 Å². The Morgan fingerprint density at radius 2 is 2.26 bits per heavy atom. The molecule has 0 amide bonds. The van der Waals surface area contributed by atoms with Crippen molar-refractivity contribution in [1.82, 2.24) is 4.98 Å². The number of nitrogens with zero attached hydrogens (tertiary/aromatic N) is 2. The van der Waals surface area contributed by atoms with Crippen LogP contribution in [0.25, 0.3) is 10.9 Å². The van der Waals surface area contributed by atoms with Crippen molar-refractivity contribution < 1.29 is 0 Å². The number of para-hydroxylation sites is 1. The van der Waals surface area contributed by atoms with Crippen molar-refractivity contribution in [3.63, 3.8) is 0 Å². The Kier molecular flexibility index (Phi) is 2.76. The number of anilines is 2. The van der Waals surface area contributed by atoms with Crippen LogP contribution in [-0.4, -0.2) is 35.6 Å². The summed E-state index contributed by atoms with van der Waals surface area (Å²) in [5, 5.41) is 4.84. The Hall–Kier alpha value is -1.42. The third kappa shape index (κ3) is 1.86. The number of pyridine rings is 1. The lowest BCUT2D eigenvalue weighted by molar-refractivity contribution is 0.626. The SMILES string of the molecule is c1ccc2c3c(cnc2c1)NCCC1CSCCN31. The van der Waals surface area contributed by atoms with Gasteiger partial charge in [0.05, 0.1) is 23.1 Å². The fraction of sp³-hybridized carbons (Fsp3) is 0.400. The summed E-state index contributed by atoms with van der Waals surface area (Å²) < 4.78 is 0. The fourth-order valence-corrected chi connectivity index (χ4v) is 4.24.